The van der Waals surface area contributed by atoms with Gasteiger partial charge in [-0.15, -0.1) is 0 Å². The molecule has 1 aromatic heterocycles. The Morgan fingerprint density at radius 1 is 0.800 bits per heavy atom. The van der Waals surface area contributed by atoms with Gasteiger partial charge in [-0.3, -0.25) is 4.99 Å². The van der Waals surface area contributed by atoms with Gasteiger partial charge in [0.25, 0.3) is 0 Å². The predicted molar refractivity (Wildman–Crippen MR) is 207 cm³/mol. The number of hydrogen-bond acceptors (Lipinski definition) is 4. The van der Waals surface area contributed by atoms with Crippen LogP contribution in [0.25, 0.3) is 33.4 Å². The van der Waals surface area contributed by atoms with Gasteiger partial charge >= 0.3 is 0 Å². The maximum atomic E-state index is 6.68. The molecule has 3 aromatic carbocycles. The van der Waals surface area contributed by atoms with E-state index in [2.05, 4.69) is 119 Å². The number of aryl methyl sites for hydroxylation is 2. The molecule has 4 heteroatoms. The molecule has 2 aliphatic heterocycles. The van der Waals surface area contributed by atoms with Gasteiger partial charge in [-0.2, -0.15) is 0 Å². The summed E-state index contributed by atoms with van der Waals surface area (Å²) in [5.74, 6) is 1.51. The summed E-state index contributed by atoms with van der Waals surface area (Å²) in [5.41, 5.74) is 15.4. The Kier molecular flexibility index (Phi) is 7.36. The van der Waals surface area contributed by atoms with Crippen molar-refractivity contribution in [3.05, 3.63) is 149 Å². The number of benzene rings is 3. The Morgan fingerprint density at radius 2 is 1.66 bits per heavy atom. The normalized spacial score (nSPS) is 23.8. The molecule has 4 aliphatic carbocycles. The fourth-order valence-electron chi connectivity index (χ4n) is 9.24. The molecule has 3 heterocycles. The molecule has 0 amide bonds. The standard InChI is InChI=1S/C46H43N3O/c1-2-11-32(12-3-1)46-47-28-27-40(48-46)31-23-21-30(22-24-31)33-25-26-43-39(29-33)35-14-5-8-19-42(35)49(43)41-18-7-4-13-34(41)37-16-10-17-38-36-15-6-9-20-44(36)50-45(37)38/h4-5,8,10-11,13-14,16-17,19,21-29,35,42,46,48H,1-3,6-7,9,12,15,18,20H2. The molecule has 1 N–H and O–H groups in total. The Hall–Kier alpha value is -5.09. The van der Waals surface area contributed by atoms with E-state index in [0.717, 1.165) is 43.4 Å². The summed E-state index contributed by atoms with van der Waals surface area (Å²) >= 11 is 0. The smallest absolute Gasteiger partial charge is 0.142 e. The molecule has 3 unspecified atom stereocenters. The van der Waals surface area contributed by atoms with Gasteiger partial charge in [0.1, 0.15) is 17.5 Å². The molecule has 50 heavy (non-hydrogen) atoms. The van der Waals surface area contributed by atoms with Crippen LogP contribution in [0.15, 0.2) is 130 Å². The van der Waals surface area contributed by atoms with Crippen molar-refractivity contribution in [1.82, 2.24) is 5.32 Å². The van der Waals surface area contributed by atoms with Gasteiger partial charge in [-0.05, 0) is 104 Å². The van der Waals surface area contributed by atoms with Crippen LogP contribution in [-0.2, 0) is 12.8 Å². The third-order valence-electron chi connectivity index (χ3n) is 11.7. The molecular weight excluding hydrogens is 611 g/mol. The fourth-order valence-corrected chi connectivity index (χ4v) is 9.24. The number of rotatable bonds is 5. The lowest BCUT2D eigenvalue weighted by Gasteiger charge is -2.33. The van der Waals surface area contributed by atoms with Crippen LogP contribution in [-0.4, -0.2) is 18.4 Å². The summed E-state index contributed by atoms with van der Waals surface area (Å²) in [6.07, 6.45) is 32.1. The summed E-state index contributed by atoms with van der Waals surface area (Å²) < 4.78 is 6.68. The second-order valence-electron chi connectivity index (χ2n) is 14.7. The molecule has 0 saturated heterocycles. The lowest BCUT2D eigenvalue weighted by molar-refractivity contribution is 0.505. The highest BCUT2D eigenvalue weighted by Gasteiger charge is 2.39. The van der Waals surface area contributed by atoms with Crippen molar-refractivity contribution in [3.8, 4) is 11.1 Å². The van der Waals surface area contributed by atoms with Crippen LogP contribution < -0.4 is 10.2 Å². The molecule has 0 spiro atoms. The lowest BCUT2D eigenvalue weighted by atomic mass is 9.89. The molecule has 0 bridgehead atoms. The van der Waals surface area contributed by atoms with E-state index < -0.39 is 0 Å². The van der Waals surface area contributed by atoms with Crippen molar-refractivity contribution in [1.29, 1.82) is 0 Å². The van der Waals surface area contributed by atoms with Gasteiger partial charge in [-0.25, -0.2) is 0 Å². The first kappa shape index (κ1) is 29.8. The van der Waals surface area contributed by atoms with E-state index in [4.69, 9.17) is 9.41 Å². The van der Waals surface area contributed by atoms with E-state index in [9.17, 15) is 0 Å². The molecule has 3 atom stereocenters. The molecule has 248 valence electrons. The van der Waals surface area contributed by atoms with E-state index >= 15 is 0 Å². The highest BCUT2D eigenvalue weighted by Crippen LogP contribution is 2.50. The van der Waals surface area contributed by atoms with Crippen LogP contribution in [0.4, 0.5) is 5.69 Å². The van der Waals surface area contributed by atoms with Crippen LogP contribution >= 0.6 is 0 Å². The molecule has 10 rings (SSSR count). The monoisotopic (exact) mass is 653 g/mol. The zero-order valence-corrected chi connectivity index (χ0v) is 28.6. The molecule has 6 aliphatic rings. The first-order chi connectivity index (χ1) is 24.8. The van der Waals surface area contributed by atoms with Crippen LogP contribution in [0, 0.1) is 0 Å². The average Bonchev–Trinajstić information content (AvgIpc) is 3.74. The molecule has 0 radical (unpaired) electrons. The highest BCUT2D eigenvalue weighted by molar-refractivity contribution is 5.97. The second kappa shape index (κ2) is 12.4. The predicted octanol–water partition coefficient (Wildman–Crippen LogP) is 11.0. The van der Waals surface area contributed by atoms with Gasteiger partial charge in [0.2, 0.25) is 0 Å². The Morgan fingerprint density at radius 3 is 2.58 bits per heavy atom. The number of anilines is 1. The van der Waals surface area contributed by atoms with Crippen LogP contribution in [0.1, 0.15) is 85.3 Å². The van der Waals surface area contributed by atoms with E-state index in [-0.39, 0.29) is 12.2 Å². The van der Waals surface area contributed by atoms with Gasteiger partial charge in [0, 0.05) is 57.7 Å². The maximum absolute atomic E-state index is 6.68. The zero-order chi connectivity index (χ0) is 33.0. The molecule has 0 saturated carbocycles. The largest absolute Gasteiger partial charge is 0.460 e. The quantitative estimate of drug-likeness (QED) is 0.218. The summed E-state index contributed by atoms with van der Waals surface area (Å²) in [7, 11) is 0. The van der Waals surface area contributed by atoms with Gasteiger partial charge in [0.15, 0.2) is 0 Å². The summed E-state index contributed by atoms with van der Waals surface area (Å²) in [4.78, 5) is 7.39. The Balaban J connectivity index is 0.996. The third kappa shape index (κ3) is 4.99. The minimum atomic E-state index is 0.0628. The van der Waals surface area contributed by atoms with Crippen molar-refractivity contribution in [2.75, 3.05) is 4.90 Å². The van der Waals surface area contributed by atoms with E-state index in [0.29, 0.717) is 5.92 Å². The lowest BCUT2D eigenvalue weighted by Crippen LogP contribution is -2.33. The first-order valence-corrected chi connectivity index (χ1v) is 18.8. The number of nitrogens with zero attached hydrogens (tertiary/aromatic N) is 2. The first-order valence-electron chi connectivity index (χ1n) is 18.8. The van der Waals surface area contributed by atoms with Crippen molar-refractivity contribution in [2.45, 2.75) is 82.3 Å². The zero-order valence-electron chi connectivity index (χ0n) is 28.6. The topological polar surface area (TPSA) is 40.8 Å². The van der Waals surface area contributed by atoms with E-state index in [1.54, 1.807) is 0 Å². The molecular formula is C46H43N3O. The minimum Gasteiger partial charge on any atom is -0.460 e. The number of aliphatic imine (C=N–C) groups is 1. The third-order valence-corrected chi connectivity index (χ3v) is 11.7. The van der Waals surface area contributed by atoms with Gasteiger partial charge < -0.3 is 14.6 Å². The fraction of sp³-hybridized carbons (Fsp3) is 0.283. The summed E-state index contributed by atoms with van der Waals surface area (Å²) in [5, 5.41) is 5.01. The van der Waals surface area contributed by atoms with Gasteiger partial charge in [0.05, 0.1) is 6.04 Å². The SMILES string of the molecule is C1=CC2c3cc(-c4ccc(C5=CC=NC(C6=CCCCC6)N5)cc4)ccc3N(C3=C(c4cccc5c6c(oc45)CCCC6)C=CCC3)C2C=C1. The number of hydrogen-bond donors (Lipinski definition) is 1. The second-order valence-corrected chi connectivity index (χ2v) is 14.7. The van der Waals surface area contributed by atoms with Crippen LogP contribution in [0.5, 0.6) is 0 Å². The van der Waals surface area contributed by atoms with Crippen molar-refractivity contribution in [2.24, 2.45) is 4.99 Å². The maximum Gasteiger partial charge on any atom is 0.142 e. The molecule has 4 nitrogen and oxygen atoms in total. The number of nitrogens with one attached hydrogen (secondary N) is 1. The minimum absolute atomic E-state index is 0.0628. The van der Waals surface area contributed by atoms with Crippen molar-refractivity contribution >= 4 is 34.1 Å². The number of fused-ring (bicyclic) bond motifs is 6. The summed E-state index contributed by atoms with van der Waals surface area (Å²) in [6.45, 7) is 0. The molecule has 4 aromatic rings. The number of allylic oxidation sites excluding steroid dienone is 8. The number of para-hydroxylation sites is 1. The van der Waals surface area contributed by atoms with Crippen molar-refractivity contribution in [3.63, 3.8) is 0 Å². The van der Waals surface area contributed by atoms with Crippen molar-refractivity contribution < 1.29 is 4.42 Å². The van der Waals surface area contributed by atoms with Crippen LogP contribution in [0.3, 0.4) is 0 Å². The van der Waals surface area contributed by atoms with E-state index in [1.807, 2.05) is 6.21 Å². The average molecular weight is 654 g/mol. The Bertz CT molecular complexity index is 2220. The van der Waals surface area contributed by atoms with Crippen LogP contribution in [0.2, 0.25) is 0 Å². The number of furan rings is 1. The molecule has 0 fully saturated rings. The summed E-state index contributed by atoms with van der Waals surface area (Å²) in [6, 6.07) is 23.2. The Labute approximate surface area is 295 Å². The highest BCUT2D eigenvalue weighted by atomic mass is 16.3. The van der Waals surface area contributed by atoms with Gasteiger partial charge in [-0.1, -0.05) is 91.1 Å². The van der Waals surface area contributed by atoms with E-state index in [1.165, 1.54) is 99.2 Å².